The molecule has 11 heavy (non-hydrogen) atoms. The summed E-state index contributed by atoms with van der Waals surface area (Å²) in [6.45, 7) is 2.06. The van der Waals surface area contributed by atoms with Gasteiger partial charge in [-0.15, -0.1) is 0 Å². The van der Waals surface area contributed by atoms with Crippen LogP contribution in [0.15, 0.2) is 4.79 Å². The maximum atomic E-state index is 10.9. The largest absolute Gasteiger partial charge is 0.323 e. The van der Waals surface area contributed by atoms with Crippen molar-refractivity contribution in [2.24, 2.45) is 0 Å². The molecule has 1 aromatic heterocycles. The second-order valence-corrected chi connectivity index (χ2v) is 3.10. The topological polar surface area (TPSA) is 48.6 Å². The van der Waals surface area contributed by atoms with E-state index in [1.165, 1.54) is 12.8 Å². The minimum Gasteiger partial charge on any atom is -0.310 e. The van der Waals surface area contributed by atoms with Crippen LogP contribution in [0.2, 0.25) is 0 Å². The van der Waals surface area contributed by atoms with E-state index in [1.807, 2.05) is 0 Å². The molecule has 0 radical (unpaired) electrons. The van der Waals surface area contributed by atoms with Gasteiger partial charge in [0.1, 0.15) is 0 Å². The van der Waals surface area contributed by atoms with Gasteiger partial charge in [-0.3, -0.25) is 0 Å². The van der Waals surface area contributed by atoms with Crippen molar-refractivity contribution in [1.82, 2.24) is 9.97 Å². The van der Waals surface area contributed by atoms with E-state index < -0.39 is 0 Å². The zero-order valence-corrected chi connectivity index (χ0v) is 6.61. The number of hydrogen-bond acceptors (Lipinski definition) is 1. The summed E-state index contributed by atoms with van der Waals surface area (Å²) < 4.78 is 0. The Labute approximate surface area is 64.8 Å². The predicted molar refractivity (Wildman–Crippen MR) is 42.8 cm³/mol. The van der Waals surface area contributed by atoms with Gasteiger partial charge in [-0.1, -0.05) is 6.92 Å². The van der Waals surface area contributed by atoms with Crippen molar-refractivity contribution in [3.05, 3.63) is 21.9 Å². The number of imidazole rings is 1. The first kappa shape index (κ1) is 6.70. The van der Waals surface area contributed by atoms with Crippen molar-refractivity contribution in [2.45, 2.75) is 32.1 Å². The van der Waals surface area contributed by atoms with Crippen LogP contribution in [0.4, 0.5) is 0 Å². The highest BCUT2D eigenvalue weighted by Gasteiger charge is 2.27. The third-order valence-electron chi connectivity index (χ3n) is 2.18. The molecule has 0 amide bonds. The summed E-state index contributed by atoms with van der Waals surface area (Å²) in [5.41, 5.74) is 2.19. The van der Waals surface area contributed by atoms with E-state index in [0.717, 1.165) is 17.8 Å². The van der Waals surface area contributed by atoms with Crippen molar-refractivity contribution in [3.63, 3.8) is 0 Å². The zero-order valence-electron chi connectivity index (χ0n) is 6.61. The van der Waals surface area contributed by atoms with Gasteiger partial charge in [-0.25, -0.2) is 4.79 Å². The normalized spacial score (nSPS) is 17.2. The van der Waals surface area contributed by atoms with Crippen molar-refractivity contribution in [3.8, 4) is 0 Å². The van der Waals surface area contributed by atoms with Crippen LogP contribution in [0.3, 0.4) is 0 Å². The Kier molecular flexibility index (Phi) is 1.37. The Hall–Kier alpha value is -0.990. The fourth-order valence-electron chi connectivity index (χ4n) is 1.43. The summed E-state index contributed by atoms with van der Waals surface area (Å²) in [6.07, 6.45) is 3.39. The Morgan fingerprint density at radius 2 is 2.18 bits per heavy atom. The molecule has 3 nitrogen and oxygen atoms in total. The van der Waals surface area contributed by atoms with Crippen LogP contribution >= 0.6 is 0 Å². The molecule has 0 aliphatic heterocycles. The fraction of sp³-hybridized carbons (Fsp3) is 0.625. The average Bonchev–Trinajstić information content (AvgIpc) is 2.75. The second kappa shape index (κ2) is 2.26. The Morgan fingerprint density at radius 3 is 2.73 bits per heavy atom. The van der Waals surface area contributed by atoms with Crippen LogP contribution < -0.4 is 5.69 Å². The molecule has 1 fully saturated rings. The number of rotatable bonds is 2. The lowest BCUT2D eigenvalue weighted by molar-refractivity contribution is 0.969. The lowest BCUT2D eigenvalue weighted by atomic mass is 10.2. The second-order valence-electron chi connectivity index (χ2n) is 3.10. The molecule has 0 aromatic carbocycles. The van der Waals surface area contributed by atoms with Crippen LogP contribution in [-0.2, 0) is 6.42 Å². The van der Waals surface area contributed by atoms with Crippen molar-refractivity contribution < 1.29 is 0 Å². The lowest BCUT2D eigenvalue weighted by Crippen LogP contribution is -2.01. The average molecular weight is 152 g/mol. The molecule has 1 aromatic rings. The van der Waals surface area contributed by atoms with Gasteiger partial charge in [0.05, 0.1) is 0 Å². The molecule has 3 heteroatoms. The van der Waals surface area contributed by atoms with Gasteiger partial charge in [0.15, 0.2) is 0 Å². The van der Waals surface area contributed by atoms with Crippen molar-refractivity contribution >= 4 is 0 Å². The van der Waals surface area contributed by atoms with Gasteiger partial charge in [-0.2, -0.15) is 0 Å². The third-order valence-corrected chi connectivity index (χ3v) is 2.18. The number of H-pyrrole nitrogens is 2. The summed E-state index contributed by atoms with van der Waals surface area (Å²) >= 11 is 0. The molecule has 1 aliphatic carbocycles. The summed E-state index contributed by atoms with van der Waals surface area (Å²) in [7, 11) is 0. The van der Waals surface area contributed by atoms with Gasteiger partial charge < -0.3 is 9.97 Å². The van der Waals surface area contributed by atoms with Crippen molar-refractivity contribution in [1.29, 1.82) is 0 Å². The van der Waals surface area contributed by atoms with Gasteiger partial charge in [-0.05, 0) is 19.3 Å². The van der Waals surface area contributed by atoms with E-state index in [2.05, 4.69) is 16.9 Å². The molecular weight excluding hydrogens is 140 g/mol. The summed E-state index contributed by atoms with van der Waals surface area (Å²) in [5.74, 6) is 0.642. The van der Waals surface area contributed by atoms with Crippen LogP contribution in [0.5, 0.6) is 0 Å². The standard InChI is InChI=1S/C8H12N2O/c1-2-6-7(5-3-4-5)10-8(11)9-6/h5H,2-4H2,1H3,(H2,9,10,11). The maximum absolute atomic E-state index is 10.9. The summed E-state index contributed by atoms with van der Waals surface area (Å²) in [5, 5.41) is 0. The van der Waals surface area contributed by atoms with Gasteiger partial charge in [0.2, 0.25) is 0 Å². The molecule has 60 valence electrons. The molecule has 0 unspecified atom stereocenters. The van der Waals surface area contributed by atoms with Crippen LogP contribution in [0.1, 0.15) is 37.1 Å². The monoisotopic (exact) mass is 152 g/mol. The fourth-order valence-corrected chi connectivity index (χ4v) is 1.43. The molecule has 1 saturated carbocycles. The molecule has 2 N–H and O–H groups in total. The van der Waals surface area contributed by atoms with Gasteiger partial charge in [0, 0.05) is 17.3 Å². The van der Waals surface area contributed by atoms with E-state index in [-0.39, 0.29) is 5.69 Å². The molecule has 0 atom stereocenters. The van der Waals surface area contributed by atoms with E-state index >= 15 is 0 Å². The molecule has 2 rings (SSSR count). The Bertz CT molecular complexity index is 306. The van der Waals surface area contributed by atoms with E-state index in [4.69, 9.17) is 0 Å². The van der Waals surface area contributed by atoms with Gasteiger partial charge in [0.25, 0.3) is 0 Å². The van der Waals surface area contributed by atoms with E-state index in [1.54, 1.807) is 0 Å². The molecule has 1 aliphatic rings. The molecule has 0 spiro atoms. The highest BCUT2D eigenvalue weighted by atomic mass is 16.1. The van der Waals surface area contributed by atoms with Crippen LogP contribution in [0.25, 0.3) is 0 Å². The zero-order chi connectivity index (χ0) is 7.84. The number of aryl methyl sites for hydroxylation is 1. The summed E-state index contributed by atoms with van der Waals surface area (Å²) in [4.78, 5) is 16.5. The highest BCUT2D eigenvalue weighted by Crippen LogP contribution is 2.39. The number of hydrogen-bond donors (Lipinski definition) is 2. The number of aromatic nitrogens is 2. The minimum atomic E-state index is -0.0521. The van der Waals surface area contributed by atoms with E-state index in [9.17, 15) is 4.79 Å². The lowest BCUT2D eigenvalue weighted by Gasteiger charge is -1.94. The SMILES string of the molecule is CCc1[nH]c(=O)[nH]c1C1CC1. The highest BCUT2D eigenvalue weighted by molar-refractivity contribution is 5.20. The smallest absolute Gasteiger partial charge is 0.310 e. The van der Waals surface area contributed by atoms with Crippen molar-refractivity contribution in [2.75, 3.05) is 0 Å². The number of nitrogens with one attached hydrogen (secondary N) is 2. The minimum absolute atomic E-state index is 0.0521. The molecule has 0 bridgehead atoms. The Balaban J connectivity index is 2.42. The summed E-state index contributed by atoms with van der Waals surface area (Å²) in [6, 6.07) is 0. The Morgan fingerprint density at radius 1 is 1.45 bits per heavy atom. The number of aromatic amines is 2. The third kappa shape index (κ3) is 1.11. The quantitative estimate of drug-likeness (QED) is 0.656. The molecule has 1 heterocycles. The first-order chi connectivity index (χ1) is 5.31. The van der Waals surface area contributed by atoms with Gasteiger partial charge >= 0.3 is 5.69 Å². The van der Waals surface area contributed by atoms with Crippen LogP contribution in [0, 0.1) is 0 Å². The van der Waals surface area contributed by atoms with Crippen LogP contribution in [-0.4, -0.2) is 9.97 Å². The maximum Gasteiger partial charge on any atom is 0.323 e. The molecular formula is C8H12N2O. The predicted octanol–water partition coefficient (Wildman–Crippen LogP) is 1.14. The first-order valence-electron chi connectivity index (χ1n) is 4.12. The van der Waals surface area contributed by atoms with E-state index in [0.29, 0.717) is 5.92 Å². The first-order valence-corrected chi connectivity index (χ1v) is 4.12. The molecule has 0 saturated heterocycles.